The fourth-order valence-electron chi connectivity index (χ4n) is 2.89. The van der Waals surface area contributed by atoms with E-state index >= 15 is 0 Å². The summed E-state index contributed by atoms with van der Waals surface area (Å²) in [4.78, 5) is 18.9. The number of azo groups is 1. The van der Waals surface area contributed by atoms with Gasteiger partial charge in [-0.05, 0) is 43.1 Å². The number of aromatic nitrogens is 2. The van der Waals surface area contributed by atoms with E-state index in [0.717, 1.165) is 29.7 Å². The van der Waals surface area contributed by atoms with Crippen molar-refractivity contribution in [2.45, 2.75) is 18.7 Å². The molecule has 1 atom stereocenters. The number of hydrogen-bond donors (Lipinski definition) is 3. The zero-order chi connectivity index (χ0) is 26.1. The Morgan fingerprint density at radius 1 is 1.20 bits per heavy atom. The Morgan fingerprint density at radius 2 is 1.86 bits per heavy atom. The molecule has 14 nitrogen and oxygen atoms in total. The van der Waals surface area contributed by atoms with E-state index in [4.69, 9.17) is 17.7 Å². The molecule has 0 aliphatic rings. The number of aryl methyl sites for hydroxylation is 1. The fourth-order valence-corrected chi connectivity index (χ4v) is 4.48. The van der Waals surface area contributed by atoms with Crippen LogP contribution in [0.2, 0.25) is 0 Å². The van der Waals surface area contributed by atoms with Crippen LogP contribution in [0.4, 0.5) is 22.1 Å². The summed E-state index contributed by atoms with van der Waals surface area (Å²) in [5.41, 5.74) is -2.47. The first-order valence-corrected chi connectivity index (χ1v) is 12.2. The second-order valence-electron chi connectivity index (χ2n) is 6.54. The molecule has 0 bridgehead atoms. The molecule has 3 rings (SSSR count). The summed E-state index contributed by atoms with van der Waals surface area (Å²) in [6, 6.07) is 2.47. The van der Waals surface area contributed by atoms with E-state index < -0.39 is 60.6 Å². The van der Waals surface area contributed by atoms with Gasteiger partial charge in [-0.15, -0.1) is 10.2 Å². The van der Waals surface area contributed by atoms with Crippen LogP contribution < -0.4 is 9.74 Å². The van der Waals surface area contributed by atoms with E-state index in [2.05, 4.69) is 28.5 Å². The average molecular weight is 537 g/mol. The second kappa shape index (κ2) is 9.70. The number of hydrogen-bond acceptors (Lipinski definition) is 10. The third kappa shape index (κ3) is 4.94. The molecule has 0 aliphatic carbocycles. The molecule has 17 heteroatoms. The molecule has 1 unspecified atom stereocenters. The first-order valence-electron chi connectivity index (χ1n) is 8.93. The van der Waals surface area contributed by atoms with Crippen molar-refractivity contribution in [3.63, 3.8) is 0 Å². The first-order chi connectivity index (χ1) is 16.4. The zero-order valence-corrected chi connectivity index (χ0v) is 20.0. The van der Waals surface area contributed by atoms with Crippen molar-refractivity contribution >= 4 is 55.1 Å². The van der Waals surface area contributed by atoms with Gasteiger partial charge in [-0.2, -0.15) is 12.6 Å². The van der Waals surface area contributed by atoms with Crippen molar-refractivity contribution in [2.24, 2.45) is 10.2 Å². The fraction of sp³-hybridized carbons (Fsp3) is 0.111. The maximum absolute atomic E-state index is 13.3. The van der Waals surface area contributed by atoms with E-state index in [1.165, 1.54) is 6.92 Å². The maximum Gasteiger partial charge on any atom is 0.357 e. The summed E-state index contributed by atoms with van der Waals surface area (Å²) in [7, 11) is -5.00. The molecule has 0 saturated carbocycles. The lowest BCUT2D eigenvalue weighted by atomic mass is 10.2. The SMILES string of the molecule is [C-]#[N+]c1c(C)nsc1N=Nc1c(C)c([N+]#[C-])c(O)n(-c2cc(OS(=O)O)ccc2S(=O)(=O)O)c1=O. The Balaban J connectivity index is 2.39. The molecule has 0 spiro atoms. The van der Waals surface area contributed by atoms with Gasteiger partial charge in [-0.25, -0.2) is 14.1 Å². The molecule has 0 radical (unpaired) electrons. The largest absolute Gasteiger partial charge is 0.502 e. The molecular weight excluding hydrogens is 524 g/mol. The summed E-state index contributed by atoms with van der Waals surface area (Å²) in [6.07, 6.45) is 0. The van der Waals surface area contributed by atoms with Gasteiger partial charge in [0.1, 0.15) is 16.3 Å². The van der Waals surface area contributed by atoms with Gasteiger partial charge in [0.05, 0.1) is 24.5 Å². The minimum atomic E-state index is -5.00. The van der Waals surface area contributed by atoms with Crippen LogP contribution in [0.15, 0.2) is 38.1 Å². The predicted octanol–water partition coefficient (Wildman–Crippen LogP) is 3.90. The Morgan fingerprint density at radius 3 is 2.43 bits per heavy atom. The third-order valence-electron chi connectivity index (χ3n) is 4.44. The van der Waals surface area contributed by atoms with Crippen LogP contribution >= 0.6 is 11.5 Å². The van der Waals surface area contributed by atoms with Crippen molar-refractivity contribution in [3.8, 4) is 17.3 Å². The lowest BCUT2D eigenvalue weighted by Crippen LogP contribution is -2.21. The number of nitrogens with zero attached hydrogens (tertiary/aromatic N) is 6. The lowest BCUT2D eigenvalue weighted by Gasteiger charge is -2.16. The molecule has 0 saturated heterocycles. The molecule has 3 aromatic rings. The highest BCUT2D eigenvalue weighted by molar-refractivity contribution is 7.86. The minimum Gasteiger partial charge on any atom is -0.502 e. The first kappa shape index (κ1) is 25.6. The highest BCUT2D eigenvalue weighted by Crippen LogP contribution is 2.40. The molecule has 2 heterocycles. The molecule has 35 heavy (non-hydrogen) atoms. The van der Waals surface area contributed by atoms with Gasteiger partial charge in [-0.3, -0.25) is 18.5 Å². The van der Waals surface area contributed by atoms with Gasteiger partial charge in [0, 0.05) is 6.07 Å². The van der Waals surface area contributed by atoms with Crippen LogP contribution in [0.25, 0.3) is 15.4 Å². The Hall–Kier alpha value is -4.00. The van der Waals surface area contributed by atoms with Crippen LogP contribution in [-0.4, -0.2) is 35.8 Å². The van der Waals surface area contributed by atoms with Crippen molar-refractivity contribution in [3.05, 3.63) is 62.6 Å². The van der Waals surface area contributed by atoms with Crippen molar-refractivity contribution in [2.75, 3.05) is 0 Å². The number of aromatic hydroxyl groups is 1. The molecular formula is C18H12N6O8S3. The normalized spacial score (nSPS) is 12.3. The van der Waals surface area contributed by atoms with E-state index in [0.29, 0.717) is 10.3 Å². The number of benzene rings is 1. The molecule has 180 valence electrons. The number of pyridine rings is 1. The van der Waals surface area contributed by atoms with Gasteiger partial charge in [0.2, 0.25) is 11.6 Å². The van der Waals surface area contributed by atoms with Crippen LogP contribution in [0.3, 0.4) is 0 Å². The maximum atomic E-state index is 13.3. The second-order valence-corrected chi connectivity index (χ2v) is 9.28. The van der Waals surface area contributed by atoms with Crippen LogP contribution in [-0.2, 0) is 21.5 Å². The smallest absolute Gasteiger partial charge is 0.357 e. The van der Waals surface area contributed by atoms with E-state index in [1.54, 1.807) is 6.92 Å². The Labute approximate surface area is 203 Å². The van der Waals surface area contributed by atoms with Crippen LogP contribution in [0.5, 0.6) is 11.6 Å². The summed E-state index contributed by atoms with van der Waals surface area (Å²) in [6.45, 7) is 17.5. The highest BCUT2D eigenvalue weighted by atomic mass is 32.2. The summed E-state index contributed by atoms with van der Waals surface area (Å²) < 4.78 is 62.4. The summed E-state index contributed by atoms with van der Waals surface area (Å²) >= 11 is -2.00. The van der Waals surface area contributed by atoms with Crippen LogP contribution in [0, 0.1) is 27.0 Å². The third-order valence-corrected chi connectivity index (χ3v) is 6.48. The lowest BCUT2D eigenvalue weighted by molar-refractivity contribution is 0.436. The van der Waals surface area contributed by atoms with E-state index in [-0.39, 0.29) is 16.3 Å². The monoisotopic (exact) mass is 536 g/mol. The number of rotatable bonds is 6. The van der Waals surface area contributed by atoms with Gasteiger partial charge < -0.3 is 9.29 Å². The predicted molar refractivity (Wildman–Crippen MR) is 123 cm³/mol. The minimum absolute atomic E-state index is 0.0692. The van der Waals surface area contributed by atoms with E-state index in [9.17, 15) is 27.1 Å². The molecule has 0 amide bonds. The van der Waals surface area contributed by atoms with Crippen molar-refractivity contribution in [1.82, 2.24) is 8.94 Å². The standard InChI is InChI=1S/C18H12N6O8S3/c1-8-13(19-3)17(25)24(11-7-10(32-34(27)28)5-6-12(11)35(29,30)31)18(26)14(8)21-22-16-15(20-4)9(2)23-33-16/h5-7,25H,1-2H3,(H,27,28)(H,29,30,31). The van der Waals surface area contributed by atoms with Gasteiger partial charge in [0.15, 0.2) is 5.00 Å². The highest BCUT2D eigenvalue weighted by Gasteiger charge is 2.26. The van der Waals surface area contributed by atoms with Crippen molar-refractivity contribution in [1.29, 1.82) is 0 Å². The average Bonchev–Trinajstić information content (AvgIpc) is 3.12. The quantitative estimate of drug-likeness (QED) is 0.181. The summed E-state index contributed by atoms with van der Waals surface area (Å²) in [5, 5.41) is 18.4. The molecule has 3 N–H and O–H groups in total. The molecule has 0 aliphatic heterocycles. The summed E-state index contributed by atoms with van der Waals surface area (Å²) in [5.74, 6) is -1.40. The topological polar surface area (TPSA) is 189 Å². The molecule has 1 aromatic carbocycles. The molecule has 0 fully saturated rings. The van der Waals surface area contributed by atoms with Gasteiger partial charge >= 0.3 is 11.4 Å². The van der Waals surface area contributed by atoms with Crippen molar-refractivity contribution < 1.29 is 31.0 Å². The molecule has 2 aromatic heterocycles. The van der Waals surface area contributed by atoms with Gasteiger partial charge in [0.25, 0.3) is 21.4 Å². The van der Waals surface area contributed by atoms with Crippen LogP contribution in [0.1, 0.15) is 11.3 Å². The Bertz CT molecular complexity index is 1660. The van der Waals surface area contributed by atoms with Gasteiger partial charge in [-0.1, -0.05) is 0 Å². The zero-order valence-electron chi connectivity index (χ0n) is 17.5. The Kier molecular flexibility index (Phi) is 7.10. The van der Waals surface area contributed by atoms with E-state index in [1.807, 2.05) is 0 Å².